The zero-order valence-electron chi connectivity index (χ0n) is 12.4. The van der Waals surface area contributed by atoms with E-state index in [1.807, 2.05) is 0 Å². The van der Waals surface area contributed by atoms with Crippen LogP contribution >= 0.6 is 11.6 Å². The summed E-state index contributed by atoms with van der Waals surface area (Å²) in [6.45, 7) is 9.67. The molecule has 0 bridgehead atoms. The minimum absolute atomic E-state index is 0.0230. The molecule has 0 heterocycles. The predicted molar refractivity (Wildman–Crippen MR) is 80.9 cm³/mol. The first-order valence-corrected chi connectivity index (χ1v) is 7.12. The Bertz CT molecular complexity index is 452. The van der Waals surface area contributed by atoms with Gasteiger partial charge < -0.3 is 9.84 Å². The van der Waals surface area contributed by atoms with Gasteiger partial charge in [-0.3, -0.25) is 4.90 Å². The summed E-state index contributed by atoms with van der Waals surface area (Å²) >= 11 is 5.90. The number of hydrogen-bond acceptors (Lipinski definition) is 3. The third-order valence-electron chi connectivity index (χ3n) is 3.12. The normalized spacial score (nSPS) is 11.4. The van der Waals surface area contributed by atoms with Crippen molar-refractivity contribution in [1.82, 2.24) is 4.90 Å². The smallest absolute Gasteiger partial charge is 0.341 e. The van der Waals surface area contributed by atoms with Gasteiger partial charge in [-0.2, -0.15) is 0 Å². The molecule has 20 heavy (non-hydrogen) atoms. The predicted octanol–water partition coefficient (Wildman–Crippen LogP) is 3.54. The second-order valence-electron chi connectivity index (χ2n) is 5.19. The van der Waals surface area contributed by atoms with E-state index < -0.39 is 5.97 Å². The number of nitrogens with zero attached hydrogens (tertiary/aromatic N) is 1. The molecule has 1 aromatic rings. The molecule has 0 aliphatic heterocycles. The lowest BCUT2D eigenvalue weighted by Gasteiger charge is -2.30. The van der Waals surface area contributed by atoms with Crippen molar-refractivity contribution in [2.45, 2.75) is 39.8 Å². The molecule has 0 unspecified atom stereocenters. The Morgan fingerprint density at radius 1 is 1.30 bits per heavy atom. The number of rotatable bonds is 7. The van der Waals surface area contributed by atoms with Crippen LogP contribution < -0.4 is 4.74 Å². The first-order chi connectivity index (χ1) is 9.34. The molecule has 1 rings (SSSR count). The van der Waals surface area contributed by atoms with Gasteiger partial charge in [0, 0.05) is 18.6 Å². The molecule has 0 saturated carbocycles. The molecular formula is C15H22ClNO3. The Balaban J connectivity index is 2.71. The number of hydrogen-bond donors (Lipinski definition) is 1. The molecule has 0 aliphatic rings. The van der Waals surface area contributed by atoms with Crippen molar-refractivity contribution in [2.75, 3.05) is 13.2 Å². The summed E-state index contributed by atoms with van der Waals surface area (Å²) in [5.41, 5.74) is 0.0230. The highest BCUT2D eigenvalue weighted by Gasteiger charge is 2.17. The number of carboxylic acids is 1. The maximum atomic E-state index is 11.2. The van der Waals surface area contributed by atoms with Gasteiger partial charge in [-0.1, -0.05) is 17.7 Å². The molecule has 0 aliphatic carbocycles. The first kappa shape index (κ1) is 16.8. The first-order valence-electron chi connectivity index (χ1n) is 6.75. The van der Waals surface area contributed by atoms with Crippen molar-refractivity contribution in [2.24, 2.45) is 0 Å². The summed E-state index contributed by atoms with van der Waals surface area (Å²) in [6.07, 6.45) is 0. The third kappa shape index (κ3) is 4.39. The van der Waals surface area contributed by atoms with Crippen LogP contribution in [0.2, 0.25) is 5.02 Å². The minimum Gasteiger partial charge on any atom is -0.491 e. The molecule has 0 fully saturated rings. The Labute approximate surface area is 125 Å². The molecule has 0 atom stereocenters. The average molecular weight is 300 g/mol. The topological polar surface area (TPSA) is 49.8 Å². The largest absolute Gasteiger partial charge is 0.491 e. The Morgan fingerprint density at radius 2 is 1.90 bits per heavy atom. The summed E-state index contributed by atoms with van der Waals surface area (Å²) in [5, 5.41) is 9.35. The lowest BCUT2D eigenvalue weighted by molar-refractivity contribution is 0.0690. The van der Waals surface area contributed by atoms with Gasteiger partial charge in [-0.25, -0.2) is 4.79 Å². The van der Waals surface area contributed by atoms with Crippen LogP contribution in [0.25, 0.3) is 0 Å². The molecule has 112 valence electrons. The molecular weight excluding hydrogens is 278 g/mol. The fourth-order valence-electron chi connectivity index (χ4n) is 2.21. The van der Waals surface area contributed by atoms with Gasteiger partial charge in [-0.15, -0.1) is 0 Å². The van der Waals surface area contributed by atoms with Crippen LogP contribution in [0.1, 0.15) is 38.1 Å². The van der Waals surface area contributed by atoms with Crippen molar-refractivity contribution >= 4 is 17.6 Å². The number of ether oxygens (including phenoxy) is 1. The summed E-state index contributed by atoms with van der Waals surface area (Å²) in [6, 6.07) is 5.69. The van der Waals surface area contributed by atoms with Gasteiger partial charge in [-0.05, 0) is 39.8 Å². The van der Waals surface area contributed by atoms with E-state index in [0.717, 1.165) is 6.54 Å². The standard InChI is InChI=1S/C15H22ClNO3/c1-10(2)17(11(3)4)8-9-20-13-7-5-6-12(16)14(13)15(18)19/h5-7,10-11H,8-9H2,1-4H3,(H,18,19). The maximum absolute atomic E-state index is 11.2. The van der Waals surface area contributed by atoms with Crippen LogP contribution in [-0.4, -0.2) is 41.2 Å². The molecule has 1 aromatic carbocycles. The molecule has 0 spiro atoms. The van der Waals surface area contributed by atoms with E-state index in [1.54, 1.807) is 18.2 Å². The lowest BCUT2D eigenvalue weighted by Crippen LogP contribution is -2.39. The minimum atomic E-state index is -1.07. The summed E-state index contributed by atoms with van der Waals surface area (Å²) in [4.78, 5) is 13.5. The quantitative estimate of drug-likeness (QED) is 0.836. The van der Waals surface area contributed by atoms with Gasteiger partial charge in [0.1, 0.15) is 17.9 Å². The van der Waals surface area contributed by atoms with Gasteiger partial charge in [0.15, 0.2) is 0 Å². The number of carbonyl (C=O) groups is 1. The van der Waals surface area contributed by atoms with Crippen LogP contribution in [0, 0.1) is 0 Å². The van der Waals surface area contributed by atoms with Crippen molar-refractivity contribution in [3.8, 4) is 5.75 Å². The van der Waals surface area contributed by atoms with Crippen LogP contribution in [0.4, 0.5) is 0 Å². The van der Waals surface area contributed by atoms with Crippen LogP contribution in [0.5, 0.6) is 5.75 Å². The third-order valence-corrected chi connectivity index (χ3v) is 3.44. The molecule has 4 nitrogen and oxygen atoms in total. The number of benzene rings is 1. The van der Waals surface area contributed by atoms with E-state index in [-0.39, 0.29) is 10.6 Å². The fourth-order valence-corrected chi connectivity index (χ4v) is 2.45. The van der Waals surface area contributed by atoms with Crippen LogP contribution in [0.15, 0.2) is 18.2 Å². The number of carboxylic acid groups (broad SMARTS) is 1. The fraction of sp³-hybridized carbons (Fsp3) is 0.533. The van der Waals surface area contributed by atoms with Crippen molar-refractivity contribution < 1.29 is 14.6 Å². The van der Waals surface area contributed by atoms with Crippen molar-refractivity contribution in [1.29, 1.82) is 0 Å². The highest BCUT2D eigenvalue weighted by atomic mass is 35.5. The summed E-state index contributed by atoms with van der Waals surface area (Å²) in [7, 11) is 0. The van der Waals surface area contributed by atoms with Gasteiger partial charge >= 0.3 is 5.97 Å². The number of aromatic carboxylic acids is 1. The van der Waals surface area contributed by atoms with Crippen molar-refractivity contribution in [3.63, 3.8) is 0 Å². The van der Waals surface area contributed by atoms with E-state index in [1.165, 1.54) is 0 Å². The zero-order valence-corrected chi connectivity index (χ0v) is 13.1. The van der Waals surface area contributed by atoms with Crippen LogP contribution in [0.3, 0.4) is 0 Å². The SMILES string of the molecule is CC(C)N(CCOc1cccc(Cl)c1C(=O)O)C(C)C. The maximum Gasteiger partial charge on any atom is 0.341 e. The van der Waals surface area contributed by atoms with Gasteiger partial charge in [0.25, 0.3) is 0 Å². The highest BCUT2D eigenvalue weighted by Crippen LogP contribution is 2.26. The second-order valence-corrected chi connectivity index (χ2v) is 5.60. The molecule has 5 heteroatoms. The van der Waals surface area contributed by atoms with E-state index in [2.05, 4.69) is 32.6 Å². The molecule has 0 aromatic heterocycles. The van der Waals surface area contributed by atoms with E-state index >= 15 is 0 Å². The Morgan fingerprint density at radius 3 is 2.40 bits per heavy atom. The molecule has 0 saturated heterocycles. The molecule has 0 radical (unpaired) electrons. The van der Waals surface area contributed by atoms with Gasteiger partial charge in [0.2, 0.25) is 0 Å². The molecule has 0 amide bonds. The molecule has 1 N–H and O–H groups in total. The van der Waals surface area contributed by atoms with E-state index in [9.17, 15) is 4.79 Å². The lowest BCUT2D eigenvalue weighted by atomic mass is 10.2. The monoisotopic (exact) mass is 299 g/mol. The highest BCUT2D eigenvalue weighted by molar-refractivity contribution is 6.33. The van der Waals surface area contributed by atoms with Crippen molar-refractivity contribution in [3.05, 3.63) is 28.8 Å². The van der Waals surface area contributed by atoms with E-state index in [4.69, 9.17) is 21.4 Å². The second kappa shape index (κ2) is 7.50. The Hall–Kier alpha value is -1.26. The average Bonchev–Trinajstić information content (AvgIpc) is 2.33. The van der Waals surface area contributed by atoms with E-state index in [0.29, 0.717) is 24.4 Å². The number of halogens is 1. The van der Waals surface area contributed by atoms with Crippen LogP contribution in [-0.2, 0) is 0 Å². The summed E-state index contributed by atoms with van der Waals surface area (Å²) < 4.78 is 5.60. The summed E-state index contributed by atoms with van der Waals surface area (Å²) in [5.74, 6) is -0.757. The zero-order chi connectivity index (χ0) is 15.3. The van der Waals surface area contributed by atoms with Gasteiger partial charge in [0.05, 0.1) is 5.02 Å². The Kier molecular flexibility index (Phi) is 6.30.